The third-order valence-electron chi connectivity index (χ3n) is 2.20. The van der Waals surface area contributed by atoms with Crippen molar-refractivity contribution in [2.45, 2.75) is 9.79 Å². The Morgan fingerprint density at radius 1 is 1.00 bits per heavy atom. The van der Waals surface area contributed by atoms with E-state index in [1.807, 2.05) is 24.6 Å². The van der Waals surface area contributed by atoms with Gasteiger partial charge < -0.3 is 20.9 Å². The first-order valence-electron chi connectivity index (χ1n) is 5.69. The molecule has 0 saturated heterocycles. The van der Waals surface area contributed by atoms with Crippen LogP contribution in [0.25, 0.3) is 0 Å². The number of hydrogen-bond acceptors (Lipinski definition) is 6. The fraction of sp³-hybridized carbons (Fsp3) is 0.500. The number of benzene rings is 1. The average Bonchev–Trinajstić information content (AvgIpc) is 2.42. The predicted octanol–water partition coefficient (Wildman–Crippen LogP) is 1.81. The van der Waals surface area contributed by atoms with E-state index >= 15 is 0 Å². The molecule has 4 nitrogen and oxygen atoms in total. The maximum Gasteiger partial charge on any atom is 0.150 e. The highest BCUT2D eigenvalue weighted by Gasteiger charge is 2.14. The summed E-state index contributed by atoms with van der Waals surface area (Å²) in [6, 6.07) is 3.96. The molecule has 102 valence electrons. The van der Waals surface area contributed by atoms with Crippen LogP contribution in [-0.2, 0) is 0 Å². The Morgan fingerprint density at radius 2 is 1.67 bits per heavy atom. The molecule has 4 N–H and O–H groups in total. The zero-order chi connectivity index (χ0) is 13.4. The lowest BCUT2D eigenvalue weighted by Gasteiger charge is -2.17. The monoisotopic (exact) mass is 288 g/mol. The summed E-state index contributed by atoms with van der Waals surface area (Å²) in [5.74, 6) is 1.67. The van der Waals surface area contributed by atoms with Crippen LogP contribution in [-0.4, -0.2) is 38.8 Å². The van der Waals surface area contributed by atoms with E-state index in [4.69, 9.17) is 20.9 Å². The van der Waals surface area contributed by atoms with Gasteiger partial charge in [0.2, 0.25) is 0 Å². The molecule has 0 heterocycles. The molecule has 1 aromatic rings. The second-order valence-electron chi connectivity index (χ2n) is 3.40. The Morgan fingerprint density at radius 3 is 2.22 bits per heavy atom. The first kappa shape index (κ1) is 15.5. The molecule has 1 rings (SSSR count). The first-order chi connectivity index (χ1) is 8.78. The Balaban J connectivity index is 3.06. The quantitative estimate of drug-likeness (QED) is 0.711. The topological polar surface area (TPSA) is 70.5 Å². The third kappa shape index (κ3) is 3.98. The smallest absolute Gasteiger partial charge is 0.150 e. The number of nitrogens with two attached hydrogens (primary N) is 2. The molecule has 0 amide bonds. The van der Waals surface area contributed by atoms with Gasteiger partial charge in [0.25, 0.3) is 0 Å². The summed E-state index contributed by atoms with van der Waals surface area (Å²) in [5.41, 5.74) is 10.9. The number of thioether (sulfide) groups is 2. The minimum atomic E-state index is 0.496. The van der Waals surface area contributed by atoms with E-state index in [0.29, 0.717) is 26.3 Å². The summed E-state index contributed by atoms with van der Waals surface area (Å²) >= 11 is 3.26. The van der Waals surface area contributed by atoms with Gasteiger partial charge in [0, 0.05) is 13.1 Å². The summed E-state index contributed by atoms with van der Waals surface area (Å²) in [5, 5.41) is 0. The molecule has 0 saturated carbocycles. The van der Waals surface area contributed by atoms with Gasteiger partial charge in [-0.1, -0.05) is 0 Å². The van der Waals surface area contributed by atoms with Gasteiger partial charge in [-0.3, -0.25) is 0 Å². The van der Waals surface area contributed by atoms with Gasteiger partial charge in [0.05, 0.1) is 9.79 Å². The van der Waals surface area contributed by atoms with Crippen molar-refractivity contribution in [3.63, 3.8) is 0 Å². The van der Waals surface area contributed by atoms with E-state index in [-0.39, 0.29) is 0 Å². The molecule has 0 radical (unpaired) electrons. The largest absolute Gasteiger partial charge is 0.491 e. The Hall–Kier alpha value is -0.560. The Labute approximate surface area is 117 Å². The zero-order valence-electron chi connectivity index (χ0n) is 10.8. The van der Waals surface area contributed by atoms with Crippen LogP contribution in [0.5, 0.6) is 11.5 Å². The van der Waals surface area contributed by atoms with Gasteiger partial charge in [-0.15, -0.1) is 23.5 Å². The van der Waals surface area contributed by atoms with Crippen LogP contribution >= 0.6 is 23.5 Å². The summed E-state index contributed by atoms with van der Waals surface area (Å²) in [6.07, 6.45) is 4.03. The van der Waals surface area contributed by atoms with Gasteiger partial charge in [0.1, 0.15) is 24.7 Å². The molecule has 0 aliphatic heterocycles. The van der Waals surface area contributed by atoms with Crippen LogP contribution < -0.4 is 20.9 Å². The lowest BCUT2D eigenvalue weighted by Crippen LogP contribution is -2.13. The van der Waals surface area contributed by atoms with Crippen molar-refractivity contribution >= 4 is 23.5 Å². The molecule has 0 spiro atoms. The van der Waals surface area contributed by atoms with Crippen molar-refractivity contribution in [1.29, 1.82) is 0 Å². The van der Waals surface area contributed by atoms with Crippen molar-refractivity contribution in [3.05, 3.63) is 12.1 Å². The minimum absolute atomic E-state index is 0.496. The Kier molecular flexibility index (Phi) is 7.34. The predicted molar refractivity (Wildman–Crippen MR) is 79.1 cm³/mol. The Bertz CT molecular complexity index is 375. The second kappa shape index (κ2) is 8.53. The van der Waals surface area contributed by atoms with Gasteiger partial charge >= 0.3 is 0 Å². The van der Waals surface area contributed by atoms with E-state index in [9.17, 15) is 0 Å². The van der Waals surface area contributed by atoms with Crippen molar-refractivity contribution in [1.82, 2.24) is 0 Å². The van der Waals surface area contributed by atoms with Gasteiger partial charge in [-0.2, -0.15) is 0 Å². The van der Waals surface area contributed by atoms with Gasteiger partial charge in [0.15, 0.2) is 0 Å². The molecule has 0 aliphatic rings. The molecule has 18 heavy (non-hydrogen) atoms. The first-order valence-corrected chi connectivity index (χ1v) is 8.14. The van der Waals surface area contributed by atoms with Crippen molar-refractivity contribution in [2.75, 3.05) is 38.8 Å². The summed E-state index contributed by atoms with van der Waals surface area (Å²) in [7, 11) is 0. The molecule has 0 unspecified atom stereocenters. The maximum atomic E-state index is 5.74. The lowest BCUT2D eigenvalue weighted by atomic mass is 10.3. The van der Waals surface area contributed by atoms with E-state index < -0.39 is 0 Å². The highest BCUT2D eigenvalue weighted by Crippen LogP contribution is 2.42. The van der Waals surface area contributed by atoms with E-state index in [1.54, 1.807) is 23.5 Å². The molecule has 1 aromatic carbocycles. The zero-order valence-corrected chi connectivity index (χ0v) is 12.4. The molecular formula is C12H20N2O2S2. The SMILES string of the molecule is CSc1ccc(OCCN)c(SC)c1OCCN. The molecule has 6 heteroatoms. The summed E-state index contributed by atoms with van der Waals surface area (Å²) < 4.78 is 11.4. The van der Waals surface area contributed by atoms with Crippen molar-refractivity contribution in [2.24, 2.45) is 11.5 Å². The highest BCUT2D eigenvalue weighted by atomic mass is 32.2. The molecule has 0 aromatic heterocycles. The van der Waals surface area contributed by atoms with Gasteiger partial charge in [-0.05, 0) is 24.6 Å². The number of ether oxygens (including phenoxy) is 2. The average molecular weight is 288 g/mol. The second-order valence-corrected chi connectivity index (χ2v) is 5.07. The van der Waals surface area contributed by atoms with E-state index in [2.05, 4.69) is 0 Å². The normalized spacial score (nSPS) is 10.4. The van der Waals surface area contributed by atoms with Crippen molar-refractivity contribution < 1.29 is 9.47 Å². The molecule has 0 aliphatic carbocycles. The van der Waals surface area contributed by atoms with Crippen LogP contribution in [0.4, 0.5) is 0 Å². The number of hydrogen-bond donors (Lipinski definition) is 2. The van der Waals surface area contributed by atoms with E-state index in [1.165, 1.54) is 0 Å². The van der Waals surface area contributed by atoms with Crippen LogP contribution in [0, 0.1) is 0 Å². The molecular weight excluding hydrogens is 268 g/mol. The van der Waals surface area contributed by atoms with Gasteiger partial charge in [-0.25, -0.2) is 0 Å². The third-order valence-corrected chi connectivity index (χ3v) is 3.76. The summed E-state index contributed by atoms with van der Waals surface area (Å²) in [6.45, 7) is 2.00. The lowest BCUT2D eigenvalue weighted by molar-refractivity contribution is 0.293. The molecule has 0 fully saturated rings. The van der Waals surface area contributed by atoms with Crippen LogP contribution in [0.15, 0.2) is 21.9 Å². The highest BCUT2D eigenvalue weighted by molar-refractivity contribution is 7.99. The minimum Gasteiger partial charge on any atom is -0.491 e. The fourth-order valence-electron chi connectivity index (χ4n) is 1.46. The maximum absolute atomic E-state index is 5.74. The summed E-state index contributed by atoms with van der Waals surface area (Å²) in [4.78, 5) is 2.09. The van der Waals surface area contributed by atoms with E-state index in [0.717, 1.165) is 21.3 Å². The van der Waals surface area contributed by atoms with Crippen LogP contribution in [0.1, 0.15) is 0 Å². The van der Waals surface area contributed by atoms with Crippen LogP contribution in [0.2, 0.25) is 0 Å². The fourth-order valence-corrected chi connectivity index (χ4v) is 2.76. The van der Waals surface area contributed by atoms with Crippen molar-refractivity contribution in [3.8, 4) is 11.5 Å². The molecule has 0 atom stereocenters. The standard InChI is InChI=1S/C12H20N2O2S2/c1-17-10-4-3-9(15-7-5-13)12(18-2)11(10)16-8-6-14/h3-4H,5-8,13-14H2,1-2H3. The molecule has 0 bridgehead atoms. The number of rotatable bonds is 8. The van der Waals surface area contributed by atoms with Crippen LogP contribution in [0.3, 0.4) is 0 Å².